The Morgan fingerprint density at radius 2 is 1.71 bits per heavy atom. The number of nitrogens with zero attached hydrogens (tertiary/aromatic N) is 1. The van der Waals surface area contributed by atoms with E-state index < -0.39 is 0 Å². The lowest BCUT2D eigenvalue weighted by Gasteiger charge is -2.05. The van der Waals surface area contributed by atoms with E-state index in [-0.39, 0.29) is 5.78 Å². The molecular weight excluding hydrogens is 326 g/mol. The number of halogens is 1. The molecule has 0 spiro atoms. The Bertz CT molecular complexity index is 761. The molecule has 2 nitrogen and oxygen atoms in total. The first-order valence-electron chi connectivity index (χ1n) is 7.07. The number of hydrogen-bond donors (Lipinski definition) is 0. The van der Waals surface area contributed by atoms with Crippen molar-refractivity contribution in [2.75, 3.05) is 0 Å². The summed E-state index contributed by atoms with van der Waals surface area (Å²) >= 11 is 3.59. The van der Waals surface area contributed by atoms with Gasteiger partial charge in [-0.3, -0.25) is 4.79 Å². The van der Waals surface area contributed by atoms with Crippen LogP contribution in [0.25, 0.3) is 10.9 Å². The molecule has 0 N–H and O–H groups in total. The highest BCUT2D eigenvalue weighted by Crippen LogP contribution is 2.26. The van der Waals surface area contributed by atoms with Crippen LogP contribution in [0.2, 0.25) is 0 Å². The number of hydrogen-bond acceptors (Lipinski definition) is 1. The van der Waals surface area contributed by atoms with Crippen molar-refractivity contribution in [3.05, 3.63) is 70.8 Å². The molecule has 0 amide bonds. The minimum Gasteiger partial charge on any atom is -0.346 e. The largest absolute Gasteiger partial charge is 0.346 e. The number of benzene rings is 2. The molecule has 0 saturated carbocycles. The predicted molar refractivity (Wildman–Crippen MR) is 89.6 cm³/mol. The van der Waals surface area contributed by atoms with Gasteiger partial charge in [0.1, 0.15) is 0 Å². The van der Waals surface area contributed by atoms with E-state index in [4.69, 9.17) is 0 Å². The maximum Gasteiger partial charge on any atom is 0.162 e. The van der Waals surface area contributed by atoms with Gasteiger partial charge in [0, 0.05) is 40.1 Å². The van der Waals surface area contributed by atoms with Crippen molar-refractivity contribution in [1.82, 2.24) is 4.57 Å². The zero-order valence-corrected chi connectivity index (χ0v) is 13.2. The maximum absolute atomic E-state index is 12.1. The molecule has 0 unspecified atom stereocenters. The fourth-order valence-corrected chi connectivity index (χ4v) is 3.15. The molecule has 1 heterocycles. The lowest BCUT2D eigenvalue weighted by atomic mass is 10.1. The van der Waals surface area contributed by atoms with Gasteiger partial charge in [0.15, 0.2) is 5.78 Å². The summed E-state index contributed by atoms with van der Waals surface area (Å²) in [5.41, 5.74) is 2.01. The van der Waals surface area contributed by atoms with Crippen LogP contribution in [0.3, 0.4) is 0 Å². The summed E-state index contributed by atoms with van der Waals surface area (Å²) in [6.45, 7) is 0.852. The fraction of sp³-hybridized carbons (Fsp3) is 0.167. The van der Waals surface area contributed by atoms with Gasteiger partial charge in [-0.25, -0.2) is 0 Å². The van der Waals surface area contributed by atoms with Crippen LogP contribution in [0.4, 0.5) is 0 Å². The van der Waals surface area contributed by atoms with Crippen molar-refractivity contribution in [2.24, 2.45) is 0 Å². The second-order valence-electron chi connectivity index (χ2n) is 5.08. The van der Waals surface area contributed by atoms with Crippen molar-refractivity contribution >= 4 is 32.6 Å². The van der Waals surface area contributed by atoms with Crippen molar-refractivity contribution in [1.29, 1.82) is 0 Å². The summed E-state index contributed by atoms with van der Waals surface area (Å²) < 4.78 is 3.31. The average molecular weight is 342 g/mol. The number of fused-ring (bicyclic) bond motifs is 1. The molecule has 1 aromatic heterocycles. The third-order valence-electron chi connectivity index (χ3n) is 3.64. The Hall–Kier alpha value is -1.87. The van der Waals surface area contributed by atoms with Gasteiger partial charge in [0.2, 0.25) is 0 Å². The Kier molecular flexibility index (Phi) is 4.20. The number of ketones is 1. The molecule has 3 aromatic rings. The summed E-state index contributed by atoms with van der Waals surface area (Å²) in [5.74, 6) is 0.214. The second kappa shape index (κ2) is 6.27. The third kappa shape index (κ3) is 3.08. The van der Waals surface area contributed by atoms with Crippen LogP contribution < -0.4 is 0 Å². The first kappa shape index (κ1) is 14.1. The van der Waals surface area contributed by atoms with Gasteiger partial charge < -0.3 is 4.57 Å². The molecule has 21 heavy (non-hydrogen) atoms. The zero-order chi connectivity index (χ0) is 14.7. The van der Waals surface area contributed by atoms with Gasteiger partial charge in [-0.15, -0.1) is 0 Å². The predicted octanol–water partition coefficient (Wildman–Crippen LogP) is 5.07. The lowest BCUT2D eigenvalue weighted by Crippen LogP contribution is -2.02. The summed E-state index contributed by atoms with van der Waals surface area (Å²) in [4.78, 5) is 12.1. The lowest BCUT2D eigenvalue weighted by molar-refractivity contribution is 0.0978. The fourth-order valence-electron chi connectivity index (χ4n) is 2.57. The first-order valence-corrected chi connectivity index (χ1v) is 7.86. The molecular formula is C18H16BrNO. The van der Waals surface area contributed by atoms with Crippen LogP contribution in [0.5, 0.6) is 0 Å². The molecule has 0 saturated heterocycles. The van der Waals surface area contributed by atoms with Gasteiger partial charge in [0.25, 0.3) is 0 Å². The number of carbonyl (C=O) groups is 1. The Morgan fingerprint density at radius 1 is 1.00 bits per heavy atom. The number of aromatic nitrogens is 1. The van der Waals surface area contributed by atoms with Crippen molar-refractivity contribution in [2.45, 2.75) is 19.4 Å². The summed E-state index contributed by atoms with van der Waals surface area (Å²) in [7, 11) is 0. The van der Waals surface area contributed by atoms with Crippen molar-refractivity contribution in [3.63, 3.8) is 0 Å². The smallest absolute Gasteiger partial charge is 0.162 e. The van der Waals surface area contributed by atoms with E-state index in [0.29, 0.717) is 6.42 Å². The van der Waals surface area contributed by atoms with Crippen LogP contribution in [0.1, 0.15) is 23.2 Å². The molecule has 0 aliphatic heterocycles. The monoisotopic (exact) mass is 341 g/mol. The van der Waals surface area contributed by atoms with E-state index >= 15 is 0 Å². The second-order valence-corrected chi connectivity index (χ2v) is 5.93. The molecule has 0 radical (unpaired) electrons. The van der Waals surface area contributed by atoms with Crippen molar-refractivity contribution in [3.8, 4) is 0 Å². The SMILES string of the molecule is O=C(CCCn1cc(Br)c2ccccc21)c1ccccc1. The Balaban J connectivity index is 1.66. The van der Waals surface area contributed by atoms with Gasteiger partial charge in [-0.05, 0) is 28.4 Å². The first-order chi connectivity index (χ1) is 10.3. The number of rotatable bonds is 5. The van der Waals surface area contributed by atoms with Crippen molar-refractivity contribution < 1.29 is 4.79 Å². The minimum absolute atomic E-state index is 0.214. The van der Waals surface area contributed by atoms with Gasteiger partial charge in [-0.1, -0.05) is 48.5 Å². The van der Waals surface area contributed by atoms with E-state index in [1.807, 2.05) is 42.5 Å². The van der Waals surface area contributed by atoms with E-state index in [2.05, 4.69) is 38.8 Å². The Labute approximate surface area is 132 Å². The molecule has 106 valence electrons. The highest BCUT2D eigenvalue weighted by atomic mass is 79.9. The Morgan fingerprint density at radius 3 is 2.52 bits per heavy atom. The molecule has 2 aromatic carbocycles. The standard InChI is InChI=1S/C18H16BrNO/c19-16-13-20(17-10-5-4-9-15(16)17)12-6-11-18(21)14-7-2-1-3-8-14/h1-5,7-10,13H,6,11-12H2. The van der Waals surface area contributed by atoms with E-state index in [0.717, 1.165) is 23.0 Å². The van der Waals surface area contributed by atoms with E-state index in [1.165, 1.54) is 10.9 Å². The van der Waals surface area contributed by atoms with Crippen LogP contribution in [-0.2, 0) is 6.54 Å². The molecule has 3 rings (SSSR count). The molecule has 0 atom stereocenters. The van der Waals surface area contributed by atoms with Gasteiger partial charge in [-0.2, -0.15) is 0 Å². The third-order valence-corrected chi connectivity index (χ3v) is 4.27. The van der Waals surface area contributed by atoms with Crippen LogP contribution in [-0.4, -0.2) is 10.4 Å². The molecule has 0 bridgehead atoms. The quantitative estimate of drug-likeness (QED) is 0.594. The summed E-state index contributed by atoms with van der Waals surface area (Å²) in [5, 5.41) is 1.21. The zero-order valence-electron chi connectivity index (χ0n) is 11.6. The van der Waals surface area contributed by atoms with Crippen LogP contribution in [0, 0.1) is 0 Å². The highest BCUT2D eigenvalue weighted by molar-refractivity contribution is 9.10. The van der Waals surface area contributed by atoms with Crippen LogP contribution in [0.15, 0.2) is 65.3 Å². The normalized spacial score (nSPS) is 10.9. The molecule has 0 aliphatic carbocycles. The average Bonchev–Trinajstić information content (AvgIpc) is 2.85. The number of Topliss-reactive ketones (excluding diaryl/α,β-unsaturated/α-hetero) is 1. The van der Waals surface area contributed by atoms with Gasteiger partial charge in [0.05, 0.1) is 0 Å². The maximum atomic E-state index is 12.1. The van der Waals surface area contributed by atoms with E-state index in [1.54, 1.807) is 0 Å². The highest BCUT2D eigenvalue weighted by Gasteiger charge is 2.08. The number of para-hydroxylation sites is 1. The summed E-state index contributed by atoms with van der Waals surface area (Å²) in [6.07, 6.45) is 3.52. The number of aryl methyl sites for hydroxylation is 1. The van der Waals surface area contributed by atoms with Gasteiger partial charge >= 0.3 is 0 Å². The number of carbonyl (C=O) groups excluding carboxylic acids is 1. The minimum atomic E-state index is 0.214. The van der Waals surface area contributed by atoms with Crippen LogP contribution >= 0.6 is 15.9 Å². The topological polar surface area (TPSA) is 22.0 Å². The summed E-state index contributed by atoms with van der Waals surface area (Å²) in [6, 6.07) is 17.8. The molecule has 0 fully saturated rings. The molecule has 3 heteroatoms. The molecule has 0 aliphatic rings. The van der Waals surface area contributed by atoms with E-state index in [9.17, 15) is 4.79 Å².